The van der Waals surface area contributed by atoms with Gasteiger partial charge in [-0.2, -0.15) is 4.99 Å². The smallest absolute Gasteiger partial charge is 0.323 e. The Hall–Kier alpha value is -1.88. The summed E-state index contributed by atoms with van der Waals surface area (Å²) in [4.78, 5) is 19.3. The number of amides is 2. The minimum Gasteiger partial charge on any atom is -0.323 e. The van der Waals surface area contributed by atoms with Crippen LogP contribution in [0.1, 0.15) is 56.4 Å². The molecule has 2 fully saturated rings. The third-order valence-corrected chi connectivity index (χ3v) is 6.16. The van der Waals surface area contributed by atoms with E-state index in [1.165, 1.54) is 49.0 Å². The van der Waals surface area contributed by atoms with E-state index in [-0.39, 0.29) is 6.03 Å². The molecule has 0 unspecified atom stereocenters. The molecule has 0 radical (unpaired) electrons. The maximum atomic E-state index is 12.3. The molecule has 1 saturated carbocycles. The molecule has 2 aromatic rings. The summed E-state index contributed by atoms with van der Waals surface area (Å²) in [5.41, 5.74) is 2.53. The summed E-state index contributed by atoms with van der Waals surface area (Å²) >= 11 is 1.51. The summed E-state index contributed by atoms with van der Waals surface area (Å²) in [5, 5.41) is 1.99. The zero-order chi connectivity index (χ0) is 17.1. The summed E-state index contributed by atoms with van der Waals surface area (Å²) < 4.78 is 2.02. The van der Waals surface area contributed by atoms with Gasteiger partial charge in [-0.3, -0.25) is 4.57 Å². The van der Waals surface area contributed by atoms with Crippen LogP contribution in [0.25, 0.3) is 5.69 Å². The van der Waals surface area contributed by atoms with Gasteiger partial charge in [-0.25, -0.2) is 4.79 Å². The number of hydrogen-bond acceptors (Lipinski definition) is 2. The maximum absolute atomic E-state index is 12.3. The monoisotopic (exact) mass is 355 g/mol. The third kappa shape index (κ3) is 3.71. The highest BCUT2D eigenvalue weighted by Crippen LogP contribution is 2.32. The number of carbonyl (C=O) groups is 1. The molecule has 2 heterocycles. The average molecular weight is 356 g/mol. The van der Waals surface area contributed by atoms with E-state index in [1.54, 1.807) is 0 Å². The van der Waals surface area contributed by atoms with E-state index < -0.39 is 0 Å². The Morgan fingerprint density at radius 1 is 1.00 bits per heavy atom. The predicted molar refractivity (Wildman–Crippen MR) is 101 cm³/mol. The van der Waals surface area contributed by atoms with Crippen molar-refractivity contribution in [3.05, 3.63) is 46.2 Å². The van der Waals surface area contributed by atoms with Crippen LogP contribution in [-0.2, 0) is 0 Å². The van der Waals surface area contributed by atoms with Crippen LogP contribution in [0.2, 0.25) is 0 Å². The number of aromatic nitrogens is 1. The molecule has 4 rings (SSSR count). The van der Waals surface area contributed by atoms with Crippen LogP contribution < -0.4 is 4.80 Å². The largest absolute Gasteiger partial charge is 0.346 e. The van der Waals surface area contributed by atoms with Crippen molar-refractivity contribution in [3.8, 4) is 5.69 Å². The van der Waals surface area contributed by atoms with E-state index >= 15 is 0 Å². The summed E-state index contributed by atoms with van der Waals surface area (Å²) in [6.07, 6.45) is 10.9. The molecule has 0 spiro atoms. The number of carbonyl (C=O) groups excluding carboxylic acids is 1. The highest BCUT2D eigenvalue weighted by Gasteiger charge is 2.18. The Morgan fingerprint density at radius 3 is 2.44 bits per heavy atom. The lowest BCUT2D eigenvalue weighted by molar-refractivity contribution is 0.218. The molecule has 25 heavy (non-hydrogen) atoms. The van der Waals surface area contributed by atoms with Gasteiger partial charge in [-0.05, 0) is 49.3 Å². The predicted octanol–water partition coefficient (Wildman–Crippen LogP) is 4.70. The van der Waals surface area contributed by atoms with Crippen molar-refractivity contribution in [1.82, 2.24) is 9.47 Å². The quantitative estimate of drug-likeness (QED) is 0.769. The first kappa shape index (κ1) is 16.6. The fraction of sp³-hybridized carbons (Fsp3) is 0.500. The first-order valence-corrected chi connectivity index (χ1v) is 10.3. The number of likely N-dealkylation sites (tertiary alicyclic amines) is 1. The molecule has 0 atom stereocenters. The Kier molecular flexibility index (Phi) is 5.02. The fourth-order valence-corrected chi connectivity index (χ4v) is 4.67. The maximum Gasteiger partial charge on any atom is 0.346 e. The van der Waals surface area contributed by atoms with Crippen LogP contribution >= 0.6 is 11.3 Å². The lowest BCUT2D eigenvalue weighted by Gasteiger charge is -2.22. The van der Waals surface area contributed by atoms with E-state index in [0.29, 0.717) is 0 Å². The third-order valence-electron chi connectivity index (χ3n) is 5.41. The van der Waals surface area contributed by atoms with E-state index in [1.807, 2.05) is 21.0 Å². The normalized spacial score (nSPS) is 19.5. The Labute approximate surface area is 152 Å². The summed E-state index contributed by atoms with van der Waals surface area (Å²) in [6.45, 7) is 1.67. The number of hydrogen-bond donors (Lipinski definition) is 0. The van der Waals surface area contributed by atoms with E-state index in [9.17, 15) is 4.79 Å². The first-order valence-electron chi connectivity index (χ1n) is 9.41. The molecule has 4 nitrogen and oxygen atoms in total. The van der Waals surface area contributed by atoms with Crippen molar-refractivity contribution < 1.29 is 4.79 Å². The second-order valence-electron chi connectivity index (χ2n) is 7.07. The lowest BCUT2D eigenvalue weighted by atomic mass is 9.84. The molecule has 0 N–H and O–H groups in total. The Morgan fingerprint density at radius 2 is 1.72 bits per heavy atom. The van der Waals surface area contributed by atoms with Crippen LogP contribution in [0.5, 0.6) is 0 Å². The molecule has 1 aliphatic heterocycles. The van der Waals surface area contributed by atoms with E-state index in [2.05, 4.69) is 29.3 Å². The number of nitrogens with zero attached hydrogens (tertiary/aromatic N) is 3. The van der Waals surface area contributed by atoms with Crippen LogP contribution in [0.3, 0.4) is 0 Å². The summed E-state index contributed by atoms with van der Waals surface area (Å²) in [6, 6.07) is 8.73. The van der Waals surface area contributed by atoms with Gasteiger partial charge in [-0.15, -0.1) is 11.3 Å². The molecule has 1 aliphatic carbocycles. The van der Waals surface area contributed by atoms with Gasteiger partial charge in [0.05, 0.1) is 0 Å². The molecular weight excluding hydrogens is 330 g/mol. The molecule has 1 saturated heterocycles. The lowest BCUT2D eigenvalue weighted by Crippen LogP contribution is -2.27. The van der Waals surface area contributed by atoms with Gasteiger partial charge in [0.2, 0.25) is 0 Å². The SMILES string of the molecule is O=C(/N=c1\sccn1-c1ccc(C2CCCCC2)cc1)N1CCCC1. The molecule has 1 aromatic heterocycles. The van der Waals surface area contributed by atoms with Gasteiger partial charge in [0, 0.05) is 30.4 Å². The van der Waals surface area contributed by atoms with Crippen molar-refractivity contribution in [2.24, 2.45) is 4.99 Å². The van der Waals surface area contributed by atoms with Crippen LogP contribution in [0.15, 0.2) is 40.8 Å². The molecule has 2 aliphatic rings. The van der Waals surface area contributed by atoms with Crippen LogP contribution in [0.4, 0.5) is 4.79 Å². The average Bonchev–Trinajstić information content (AvgIpc) is 3.35. The molecule has 1 aromatic carbocycles. The second-order valence-corrected chi connectivity index (χ2v) is 7.94. The van der Waals surface area contributed by atoms with E-state index in [0.717, 1.165) is 42.3 Å². The highest BCUT2D eigenvalue weighted by molar-refractivity contribution is 7.07. The highest BCUT2D eigenvalue weighted by atomic mass is 32.1. The zero-order valence-corrected chi connectivity index (χ0v) is 15.4. The van der Waals surface area contributed by atoms with Gasteiger partial charge in [0.25, 0.3) is 0 Å². The summed E-state index contributed by atoms with van der Waals surface area (Å²) in [7, 11) is 0. The van der Waals surface area contributed by atoms with Crippen molar-refractivity contribution in [3.63, 3.8) is 0 Å². The van der Waals surface area contributed by atoms with Crippen LogP contribution in [-0.4, -0.2) is 28.6 Å². The standard InChI is InChI=1S/C20H25N3OS/c24-19(22-12-4-5-13-22)21-20-23(14-15-25-20)18-10-8-17(9-11-18)16-6-2-1-3-7-16/h8-11,14-16H,1-7,12-13H2/b21-20-. The van der Waals surface area contributed by atoms with Crippen LogP contribution in [0, 0.1) is 0 Å². The topological polar surface area (TPSA) is 37.6 Å². The Balaban J connectivity index is 1.56. The van der Waals surface area contributed by atoms with Gasteiger partial charge < -0.3 is 4.90 Å². The van der Waals surface area contributed by atoms with Crippen molar-refractivity contribution >= 4 is 17.4 Å². The molecule has 2 amide bonds. The molecule has 5 heteroatoms. The van der Waals surface area contributed by atoms with Crippen molar-refractivity contribution in [1.29, 1.82) is 0 Å². The molecule has 132 valence electrons. The molecular formula is C20H25N3OS. The first-order chi connectivity index (χ1) is 12.3. The number of rotatable bonds is 2. The minimum absolute atomic E-state index is 0.104. The van der Waals surface area contributed by atoms with Gasteiger partial charge in [0.1, 0.15) is 0 Å². The zero-order valence-electron chi connectivity index (χ0n) is 14.6. The second kappa shape index (κ2) is 7.56. The van der Waals surface area contributed by atoms with Crippen molar-refractivity contribution in [2.45, 2.75) is 50.9 Å². The minimum atomic E-state index is -0.104. The number of thiazole rings is 1. The van der Waals surface area contributed by atoms with Crippen molar-refractivity contribution in [2.75, 3.05) is 13.1 Å². The number of benzene rings is 1. The number of urea groups is 1. The summed E-state index contributed by atoms with van der Waals surface area (Å²) in [5.74, 6) is 0.719. The van der Waals surface area contributed by atoms with Gasteiger partial charge in [0.15, 0.2) is 4.80 Å². The van der Waals surface area contributed by atoms with E-state index in [4.69, 9.17) is 0 Å². The Bertz CT molecular complexity index is 778. The molecule has 0 bridgehead atoms. The van der Waals surface area contributed by atoms with Gasteiger partial charge in [-0.1, -0.05) is 31.4 Å². The van der Waals surface area contributed by atoms with Gasteiger partial charge >= 0.3 is 6.03 Å². The fourth-order valence-electron chi connectivity index (χ4n) is 3.95.